The van der Waals surface area contributed by atoms with Crippen molar-refractivity contribution in [1.82, 2.24) is 0 Å². The lowest BCUT2D eigenvalue weighted by atomic mass is 10.1. The average Bonchev–Trinajstić information content (AvgIpc) is 2.28. The van der Waals surface area contributed by atoms with Gasteiger partial charge in [0.2, 0.25) is 0 Å². The molecule has 0 radical (unpaired) electrons. The molecule has 1 fully saturated rings. The summed E-state index contributed by atoms with van der Waals surface area (Å²) in [6, 6.07) is 5.89. The van der Waals surface area contributed by atoms with Crippen molar-refractivity contribution < 1.29 is 13.3 Å². The van der Waals surface area contributed by atoms with E-state index in [0.29, 0.717) is 12.1 Å². The van der Waals surface area contributed by atoms with Crippen LogP contribution in [0.4, 0.5) is 11.4 Å². The maximum Gasteiger partial charge on any atom is 0.269 e. The van der Waals surface area contributed by atoms with E-state index in [-0.39, 0.29) is 23.2 Å². The van der Waals surface area contributed by atoms with Gasteiger partial charge in [-0.15, -0.1) is 0 Å². The summed E-state index contributed by atoms with van der Waals surface area (Å²) < 4.78 is 22.9. The average molecular weight is 270 g/mol. The van der Waals surface area contributed by atoms with Gasteiger partial charge in [-0.1, -0.05) is 0 Å². The summed E-state index contributed by atoms with van der Waals surface area (Å²) in [6.45, 7) is 0. The molecule has 1 aliphatic heterocycles. The van der Waals surface area contributed by atoms with Gasteiger partial charge in [-0.25, -0.2) is 8.42 Å². The minimum absolute atomic E-state index is 0.0248. The molecule has 1 unspecified atom stereocenters. The number of non-ortho nitro benzene ring substituents is 1. The molecular formula is C11H14N2O4S. The fourth-order valence-corrected chi connectivity index (χ4v) is 3.69. The number of hydrogen-bond donors (Lipinski definition) is 1. The highest BCUT2D eigenvalue weighted by Gasteiger charge is 2.24. The van der Waals surface area contributed by atoms with E-state index in [9.17, 15) is 18.5 Å². The maximum absolute atomic E-state index is 11.5. The number of hydrogen-bond acceptors (Lipinski definition) is 5. The molecule has 2 rings (SSSR count). The number of nitrogens with zero attached hydrogens (tertiary/aromatic N) is 1. The molecule has 1 N–H and O–H groups in total. The van der Waals surface area contributed by atoms with Crippen LogP contribution in [0, 0.1) is 10.1 Å². The van der Waals surface area contributed by atoms with E-state index in [4.69, 9.17) is 0 Å². The molecule has 0 aliphatic carbocycles. The Bertz CT molecular complexity index is 539. The third-order valence-corrected chi connectivity index (χ3v) is 4.73. The Balaban J connectivity index is 2.03. The summed E-state index contributed by atoms with van der Waals surface area (Å²) in [4.78, 5) is 10.0. The van der Waals surface area contributed by atoms with E-state index in [0.717, 1.165) is 6.42 Å². The Morgan fingerprint density at radius 2 is 1.94 bits per heavy atom. The van der Waals surface area contributed by atoms with Gasteiger partial charge in [0.05, 0.1) is 16.4 Å². The lowest BCUT2D eigenvalue weighted by Gasteiger charge is -2.23. The van der Waals surface area contributed by atoms with Gasteiger partial charge in [0.1, 0.15) is 0 Å². The SMILES string of the molecule is O=[N+]([O-])c1ccc(NC2CCCS(=O)(=O)C2)cc1. The molecule has 98 valence electrons. The number of sulfone groups is 1. The van der Waals surface area contributed by atoms with E-state index in [2.05, 4.69) is 5.32 Å². The smallest absolute Gasteiger partial charge is 0.269 e. The molecule has 7 heteroatoms. The summed E-state index contributed by atoms with van der Waals surface area (Å²) >= 11 is 0. The summed E-state index contributed by atoms with van der Waals surface area (Å²) in [5.41, 5.74) is 0.736. The van der Waals surface area contributed by atoms with Crippen molar-refractivity contribution >= 4 is 21.2 Å². The van der Waals surface area contributed by atoms with Gasteiger partial charge in [0, 0.05) is 23.9 Å². The van der Waals surface area contributed by atoms with Crippen molar-refractivity contribution in [2.45, 2.75) is 18.9 Å². The number of nitro groups is 1. The number of anilines is 1. The van der Waals surface area contributed by atoms with Crippen LogP contribution in [0.2, 0.25) is 0 Å². The molecule has 1 atom stereocenters. The van der Waals surface area contributed by atoms with Crippen LogP contribution in [0.15, 0.2) is 24.3 Å². The Labute approximate surface area is 105 Å². The Morgan fingerprint density at radius 3 is 2.50 bits per heavy atom. The standard InChI is InChI=1S/C11H14N2O4S/c14-13(15)11-5-3-9(4-6-11)12-10-2-1-7-18(16,17)8-10/h3-6,10,12H,1-2,7-8H2. The predicted molar refractivity (Wildman–Crippen MR) is 68.4 cm³/mol. The molecule has 6 nitrogen and oxygen atoms in total. The molecule has 18 heavy (non-hydrogen) atoms. The maximum atomic E-state index is 11.5. The highest BCUT2D eigenvalue weighted by molar-refractivity contribution is 7.91. The normalized spacial score (nSPS) is 22.3. The minimum Gasteiger partial charge on any atom is -0.381 e. The van der Waals surface area contributed by atoms with E-state index < -0.39 is 14.8 Å². The first-order chi connectivity index (χ1) is 8.46. The van der Waals surface area contributed by atoms with Crippen molar-refractivity contribution in [2.75, 3.05) is 16.8 Å². The van der Waals surface area contributed by atoms with Crippen molar-refractivity contribution in [3.8, 4) is 0 Å². The molecule has 1 saturated heterocycles. The van der Waals surface area contributed by atoms with Crippen molar-refractivity contribution in [3.63, 3.8) is 0 Å². The fraction of sp³-hybridized carbons (Fsp3) is 0.455. The van der Waals surface area contributed by atoms with Gasteiger partial charge >= 0.3 is 0 Å². The molecule has 0 saturated carbocycles. The molecule has 0 amide bonds. The monoisotopic (exact) mass is 270 g/mol. The molecular weight excluding hydrogens is 256 g/mol. The van der Waals surface area contributed by atoms with Crippen LogP contribution in [-0.4, -0.2) is 30.9 Å². The number of benzene rings is 1. The van der Waals surface area contributed by atoms with E-state index in [1.165, 1.54) is 12.1 Å². The molecule has 0 aromatic heterocycles. The van der Waals surface area contributed by atoms with Gasteiger partial charge in [0.15, 0.2) is 9.84 Å². The fourth-order valence-electron chi connectivity index (χ4n) is 2.05. The molecule has 0 bridgehead atoms. The van der Waals surface area contributed by atoms with E-state index in [1.807, 2.05) is 0 Å². The quantitative estimate of drug-likeness (QED) is 0.665. The third-order valence-electron chi connectivity index (χ3n) is 2.91. The van der Waals surface area contributed by atoms with Crippen molar-refractivity contribution in [3.05, 3.63) is 34.4 Å². The highest BCUT2D eigenvalue weighted by atomic mass is 32.2. The molecule has 1 heterocycles. The first kappa shape index (κ1) is 12.8. The van der Waals surface area contributed by atoms with Crippen LogP contribution < -0.4 is 5.32 Å². The van der Waals surface area contributed by atoms with Crippen molar-refractivity contribution in [2.24, 2.45) is 0 Å². The van der Waals surface area contributed by atoms with E-state index in [1.54, 1.807) is 12.1 Å². The van der Waals surface area contributed by atoms with Crippen LogP contribution in [0.5, 0.6) is 0 Å². The second kappa shape index (κ2) is 4.93. The lowest BCUT2D eigenvalue weighted by Crippen LogP contribution is -2.34. The van der Waals surface area contributed by atoms with E-state index >= 15 is 0 Å². The third kappa shape index (κ3) is 3.19. The van der Waals surface area contributed by atoms with Crippen LogP contribution in [0.25, 0.3) is 0 Å². The number of nitro benzene ring substituents is 1. The van der Waals surface area contributed by atoms with Crippen LogP contribution in [0.1, 0.15) is 12.8 Å². The first-order valence-electron chi connectivity index (χ1n) is 5.68. The zero-order valence-electron chi connectivity index (χ0n) is 9.70. The van der Waals surface area contributed by atoms with Gasteiger partial charge in [-0.3, -0.25) is 10.1 Å². The zero-order chi connectivity index (χ0) is 13.2. The van der Waals surface area contributed by atoms with Crippen LogP contribution >= 0.6 is 0 Å². The Morgan fingerprint density at radius 1 is 1.28 bits per heavy atom. The van der Waals surface area contributed by atoms with Crippen LogP contribution in [0.3, 0.4) is 0 Å². The summed E-state index contributed by atoms with van der Waals surface area (Å²) in [5.74, 6) is 0.384. The molecule has 0 spiro atoms. The van der Waals surface area contributed by atoms with Gasteiger partial charge in [0.25, 0.3) is 5.69 Å². The number of nitrogens with one attached hydrogen (secondary N) is 1. The lowest BCUT2D eigenvalue weighted by molar-refractivity contribution is -0.384. The summed E-state index contributed by atoms with van der Waals surface area (Å²) in [5, 5.41) is 13.6. The Hall–Kier alpha value is -1.63. The minimum atomic E-state index is -2.94. The largest absolute Gasteiger partial charge is 0.381 e. The summed E-state index contributed by atoms with van der Waals surface area (Å²) in [7, 11) is -2.94. The van der Waals surface area contributed by atoms with Crippen molar-refractivity contribution in [1.29, 1.82) is 0 Å². The second-order valence-corrected chi connectivity index (χ2v) is 6.63. The zero-order valence-corrected chi connectivity index (χ0v) is 10.5. The highest BCUT2D eigenvalue weighted by Crippen LogP contribution is 2.20. The van der Waals surface area contributed by atoms with Gasteiger partial charge < -0.3 is 5.32 Å². The number of rotatable bonds is 3. The summed E-state index contributed by atoms with van der Waals surface area (Å²) in [6.07, 6.45) is 1.46. The Kier molecular flexibility index (Phi) is 3.51. The van der Waals surface area contributed by atoms with Gasteiger partial charge in [-0.2, -0.15) is 0 Å². The molecule has 1 aliphatic rings. The molecule has 1 aromatic carbocycles. The van der Waals surface area contributed by atoms with Crippen LogP contribution in [-0.2, 0) is 9.84 Å². The topological polar surface area (TPSA) is 89.3 Å². The predicted octanol–water partition coefficient (Wildman–Crippen LogP) is 1.58. The van der Waals surface area contributed by atoms with Gasteiger partial charge in [-0.05, 0) is 25.0 Å². The first-order valence-corrected chi connectivity index (χ1v) is 7.50. The second-order valence-electron chi connectivity index (χ2n) is 4.40. The molecule has 1 aromatic rings.